The number of benzene rings is 1. The zero-order valence-electron chi connectivity index (χ0n) is 12.6. The second kappa shape index (κ2) is 6.07. The maximum atomic E-state index is 6.11. The number of hydrogen-bond acceptors (Lipinski definition) is 5. The van der Waals surface area contributed by atoms with Gasteiger partial charge in [-0.15, -0.1) is 0 Å². The van der Waals surface area contributed by atoms with Crippen molar-refractivity contribution in [1.29, 1.82) is 0 Å². The zero-order chi connectivity index (χ0) is 15.8. The number of nitrogens with zero attached hydrogens (tertiary/aromatic N) is 3. The maximum Gasteiger partial charge on any atom is 0.140 e. The molecule has 1 aromatic carbocycles. The smallest absolute Gasteiger partial charge is 0.140 e. The molecular weight excluding hydrogens is 330 g/mol. The third kappa shape index (κ3) is 2.92. The molecular formula is C17H16ClN3OS. The van der Waals surface area contributed by atoms with Crippen molar-refractivity contribution in [2.75, 3.05) is 18.0 Å². The predicted octanol–water partition coefficient (Wildman–Crippen LogP) is 4.31. The van der Waals surface area contributed by atoms with Crippen molar-refractivity contribution >= 4 is 39.7 Å². The molecule has 118 valence electrons. The Morgan fingerprint density at radius 1 is 1.26 bits per heavy atom. The van der Waals surface area contributed by atoms with Crippen LogP contribution in [0.4, 0.5) is 5.82 Å². The van der Waals surface area contributed by atoms with E-state index in [-0.39, 0.29) is 12.2 Å². The molecule has 2 atom stereocenters. The number of thiophene rings is 1. The van der Waals surface area contributed by atoms with Gasteiger partial charge in [0, 0.05) is 23.5 Å². The highest BCUT2D eigenvalue weighted by Crippen LogP contribution is 2.32. The average Bonchev–Trinajstić information content (AvgIpc) is 3.08. The van der Waals surface area contributed by atoms with Crippen molar-refractivity contribution in [3.63, 3.8) is 0 Å². The summed E-state index contributed by atoms with van der Waals surface area (Å²) in [5, 5.41) is 5.95. The molecule has 3 heterocycles. The Labute approximate surface area is 143 Å². The maximum absolute atomic E-state index is 6.11. The van der Waals surface area contributed by atoms with Crippen LogP contribution in [0.1, 0.15) is 18.6 Å². The first-order chi connectivity index (χ1) is 11.2. The van der Waals surface area contributed by atoms with Gasteiger partial charge in [-0.3, -0.25) is 0 Å². The molecule has 2 aromatic heterocycles. The normalized spacial score (nSPS) is 21.7. The number of morpholine rings is 1. The average molecular weight is 346 g/mol. The van der Waals surface area contributed by atoms with Crippen LogP contribution in [0.3, 0.4) is 0 Å². The van der Waals surface area contributed by atoms with Crippen LogP contribution in [0.15, 0.2) is 41.4 Å². The molecule has 0 amide bonds. The monoisotopic (exact) mass is 345 g/mol. The van der Waals surface area contributed by atoms with Crippen molar-refractivity contribution in [3.05, 3.63) is 51.9 Å². The largest absolute Gasteiger partial charge is 0.367 e. The minimum Gasteiger partial charge on any atom is -0.367 e. The fourth-order valence-electron chi connectivity index (χ4n) is 3.03. The van der Waals surface area contributed by atoms with Gasteiger partial charge < -0.3 is 9.64 Å². The summed E-state index contributed by atoms with van der Waals surface area (Å²) >= 11 is 7.77. The van der Waals surface area contributed by atoms with Crippen LogP contribution in [0, 0.1) is 0 Å². The summed E-state index contributed by atoms with van der Waals surface area (Å²) in [7, 11) is 0. The minimum absolute atomic E-state index is 0.0716. The number of ether oxygens (including phenoxy) is 1. The van der Waals surface area contributed by atoms with Crippen LogP contribution in [0.5, 0.6) is 0 Å². The summed E-state index contributed by atoms with van der Waals surface area (Å²) in [4.78, 5) is 11.1. The number of halogens is 1. The molecule has 3 aromatic rings. The first-order valence-electron chi connectivity index (χ1n) is 7.53. The lowest BCUT2D eigenvalue weighted by molar-refractivity contribution is -0.0173. The van der Waals surface area contributed by atoms with Gasteiger partial charge >= 0.3 is 0 Å². The van der Waals surface area contributed by atoms with Gasteiger partial charge in [0.1, 0.15) is 18.2 Å². The molecule has 4 nitrogen and oxygen atoms in total. The molecule has 6 heteroatoms. The van der Waals surface area contributed by atoms with Gasteiger partial charge in [-0.2, -0.15) is 11.3 Å². The van der Waals surface area contributed by atoms with Crippen LogP contribution in [0.2, 0.25) is 5.02 Å². The van der Waals surface area contributed by atoms with Crippen molar-refractivity contribution in [1.82, 2.24) is 9.97 Å². The van der Waals surface area contributed by atoms with Crippen LogP contribution >= 0.6 is 22.9 Å². The first kappa shape index (κ1) is 14.9. The number of anilines is 1. The summed E-state index contributed by atoms with van der Waals surface area (Å²) in [5.41, 5.74) is 2.10. The highest BCUT2D eigenvalue weighted by Gasteiger charge is 2.28. The standard InChI is InChI=1S/C17H16ClN3OS/c1-11-7-21(8-16(22-11)12-4-5-23-9-12)17-14-3-2-13(18)6-15(14)19-10-20-17/h2-6,9-11,16H,7-8H2,1H3. The minimum atomic E-state index is 0.0716. The van der Waals surface area contributed by atoms with Crippen molar-refractivity contribution in [2.24, 2.45) is 0 Å². The van der Waals surface area contributed by atoms with E-state index in [4.69, 9.17) is 16.3 Å². The van der Waals surface area contributed by atoms with Gasteiger partial charge in [0.05, 0.1) is 11.6 Å². The molecule has 0 spiro atoms. The van der Waals surface area contributed by atoms with E-state index < -0.39 is 0 Å². The van der Waals surface area contributed by atoms with Gasteiger partial charge in [-0.05, 0) is 47.5 Å². The Morgan fingerprint density at radius 3 is 3.00 bits per heavy atom. The van der Waals surface area contributed by atoms with Gasteiger partial charge in [0.15, 0.2) is 0 Å². The van der Waals surface area contributed by atoms with E-state index in [2.05, 4.69) is 38.6 Å². The topological polar surface area (TPSA) is 38.2 Å². The molecule has 1 fully saturated rings. The van der Waals surface area contributed by atoms with Crippen LogP contribution in [0.25, 0.3) is 10.9 Å². The summed E-state index contributed by atoms with van der Waals surface area (Å²) in [6.45, 7) is 3.71. The van der Waals surface area contributed by atoms with E-state index in [1.807, 2.05) is 18.2 Å². The Hall–Kier alpha value is -1.69. The summed E-state index contributed by atoms with van der Waals surface area (Å²) in [6, 6.07) is 7.88. The summed E-state index contributed by atoms with van der Waals surface area (Å²) in [5.74, 6) is 0.946. The third-order valence-electron chi connectivity index (χ3n) is 4.05. The van der Waals surface area contributed by atoms with E-state index in [0.29, 0.717) is 5.02 Å². The second-order valence-electron chi connectivity index (χ2n) is 5.76. The second-order valence-corrected chi connectivity index (χ2v) is 6.97. The first-order valence-corrected chi connectivity index (χ1v) is 8.85. The Morgan fingerprint density at radius 2 is 2.17 bits per heavy atom. The molecule has 1 saturated heterocycles. The van der Waals surface area contributed by atoms with Gasteiger partial charge in [-0.1, -0.05) is 11.6 Å². The lowest BCUT2D eigenvalue weighted by atomic mass is 10.1. The third-order valence-corrected chi connectivity index (χ3v) is 4.99. The van der Waals surface area contributed by atoms with E-state index in [1.165, 1.54) is 5.56 Å². The lowest BCUT2D eigenvalue weighted by Crippen LogP contribution is -2.43. The number of hydrogen-bond donors (Lipinski definition) is 0. The fraction of sp³-hybridized carbons (Fsp3) is 0.294. The molecule has 4 rings (SSSR count). The van der Waals surface area contributed by atoms with E-state index in [1.54, 1.807) is 17.7 Å². The molecule has 0 bridgehead atoms. The highest BCUT2D eigenvalue weighted by molar-refractivity contribution is 7.07. The molecule has 23 heavy (non-hydrogen) atoms. The Kier molecular flexibility index (Phi) is 3.93. The quantitative estimate of drug-likeness (QED) is 0.693. The summed E-state index contributed by atoms with van der Waals surface area (Å²) in [6.07, 6.45) is 1.82. The SMILES string of the molecule is CC1CN(c2ncnc3cc(Cl)ccc23)CC(c2ccsc2)O1. The molecule has 1 aliphatic rings. The fourth-order valence-corrected chi connectivity index (χ4v) is 3.90. The van der Waals surface area contributed by atoms with Crippen molar-refractivity contribution < 1.29 is 4.74 Å². The van der Waals surface area contributed by atoms with Gasteiger partial charge in [0.2, 0.25) is 0 Å². The van der Waals surface area contributed by atoms with E-state index in [9.17, 15) is 0 Å². The molecule has 0 aliphatic carbocycles. The molecule has 0 N–H and O–H groups in total. The van der Waals surface area contributed by atoms with Crippen LogP contribution in [-0.2, 0) is 4.74 Å². The van der Waals surface area contributed by atoms with Crippen molar-refractivity contribution in [2.45, 2.75) is 19.1 Å². The Balaban J connectivity index is 1.72. The van der Waals surface area contributed by atoms with Gasteiger partial charge in [0.25, 0.3) is 0 Å². The number of rotatable bonds is 2. The molecule has 0 radical (unpaired) electrons. The van der Waals surface area contributed by atoms with Crippen LogP contribution in [-0.4, -0.2) is 29.2 Å². The van der Waals surface area contributed by atoms with Gasteiger partial charge in [-0.25, -0.2) is 9.97 Å². The van der Waals surface area contributed by atoms with Crippen molar-refractivity contribution in [3.8, 4) is 0 Å². The Bertz CT molecular complexity index is 824. The van der Waals surface area contributed by atoms with E-state index in [0.717, 1.165) is 29.8 Å². The molecule has 2 unspecified atom stereocenters. The lowest BCUT2D eigenvalue weighted by Gasteiger charge is -2.37. The molecule has 1 aliphatic heterocycles. The van der Waals surface area contributed by atoms with Crippen LogP contribution < -0.4 is 4.90 Å². The van der Waals surface area contributed by atoms with E-state index >= 15 is 0 Å². The number of fused-ring (bicyclic) bond motifs is 1. The highest BCUT2D eigenvalue weighted by atomic mass is 35.5. The predicted molar refractivity (Wildman–Crippen MR) is 94.4 cm³/mol. The zero-order valence-corrected chi connectivity index (χ0v) is 14.2. The number of aromatic nitrogens is 2. The molecule has 0 saturated carbocycles. The summed E-state index contributed by atoms with van der Waals surface area (Å²) < 4.78 is 6.11.